The third kappa shape index (κ3) is 4.13. The molecule has 0 amide bonds. The number of hydrogen-bond donors (Lipinski definition) is 1. The fourth-order valence-electron chi connectivity index (χ4n) is 1.77. The van der Waals surface area contributed by atoms with Crippen LogP contribution in [0.2, 0.25) is 0 Å². The molecule has 1 saturated carbocycles. The normalized spacial score (nSPS) is 19.4. The fraction of sp³-hybridized carbons (Fsp3) is 0.800. The average Bonchev–Trinajstić information content (AvgIpc) is 2.25. The van der Waals surface area contributed by atoms with Gasteiger partial charge in [0.2, 0.25) is 0 Å². The predicted molar refractivity (Wildman–Crippen MR) is 65.1 cm³/mol. The molecule has 3 nitrogen and oxygen atoms in total. The number of amidine groups is 1. The van der Waals surface area contributed by atoms with Crippen LogP contribution in [0, 0.1) is 5.92 Å². The number of thioether (sulfide) groups is 1. The summed E-state index contributed by atoms with van der Waals surface area (Å²) in [4.78, 5) is 4.10. The molecule has 0 unspecified atom stereocenters. The van der Waals surface area contributed by atoms with Crippen molar-refractivity contribution in [1.29, 1.82) is 0 Å². The third-order valence-corrected chi connectivity index (χ3v) is 3.74. The summed E-state index contributed by atoms with van der Waals surface area (Å²) in [5.74, 6) is 2.03. The number of aliphatic imine (C=N–C) groups is 1. The lowest BCUT2D eigenvalue weighted by Crippen LogP contribution is -2.17. The maximum atomic E-state index is 4.10. The van der Waals surface area contributed by atoms with E-state index in [1.807, 2.05) is 0 Å². The van der Waals surface area contributed by atoms with Crippen molar-refractivity contribution < 1.29 is 0 Å². The molecular formula is C10H19N3S. The van der Waals surface area contributed by atoms with Crippen LogP contribution in [0.3, 0.4) is 0 Å². The standard InChI is InChI=1S/C10H19N3S/c1-11-10(13-12-2)14-8-9-6-4-3-5-7-9/h9H,2-8H2,1H3,(H,11,13). The minimum atomic E-state index is 0.872. The molecule has 80 valence electrons. The van der Waals surface area contributed by atoms with E-state index < -0.39 is 0 Å². The quantitative estimate of drug-likeness (QED) is 0.444. The van der Waals surface area contributed by atoms with Gasteiger partial charge in [-0.25, -0.2) is 0 Å². The van der Waals surface area contributed by atoms with Gasteiger partial charge in [-0.05, 0) is 18.8 Å². The Morgan fingerprint density at radius 1 is 1.43 bits per heavy atom. The van der Waals surface area contributed by atoms with Crippen molar-refractivity contribution >= 4 is 23.6 Å². The van der Waals surface area contributed by atoms with Crippen molar-refractivity contribution in [3.05, 3.63) is 0 Å². The summed E-state index contributed by atoms with van der Waals surface area (Å²) in [7, 11) is 1.78. The highest BCUT2D eigenvalue weighted by atomic mass is 32.2. The van der Waals surface area contributed by atoms with Crippen LogP contribution in [0.5, 0.6) is 0 Å². The van der Waals surface area contributed by atoms with Gasteiger partial charge < -0.3 is 0 Å². The van der Waals surface area contributed by atoms with E-state index in [1.165, 1.54) is 32.1 Å². The highest BCUT2D eigenvalue weighted by Crippen LogP contribution is 2.26. The Hall–Kier alpha value is -0.510. The number of hydrogen-bond acceptors (Lipinski definition) is 3. The second-order valence-electron chi connectivity index (χ2n) is 3.61. The summed E-state index contributed by atoms with van der Waals surface area (Å²) < 4.78 is 0. The number of nitrogens with one attached hydrogen (secondary N) is 1. The van der Waals surface area contributed by atoms with E-state index >= 15 is 0 Å². The second kappa shape index (κ2) is 6.87. The Kier molecular flexibility index (Phi) is 5.68. The van der Waals surface area contributed by atoms with Crippen LogP contribution in [0.15, 0.2) is 10.1 Å². The smallest absolute Gasteiger partial charge is 0.176 e. The molecule has 1 N–H and O–H groups in total. The molecule has 0 spiro atoms. The van der Waals surface area contributed by atoms with E-state index in [4.69, 9.17) is 0 Å². The highest BCUT2D eigenvalue weighted by molar-refractivity contribution is 8.13. The van der Waals surface area contributed by atoms with E-state index in [0.29, 0.717) is 0 Å². The summed E-state index contributed by atoms with van der Waals surface area (Å²) in [5.41, 5.74) is 2.80. The minimum absolute atomic E-state index is 0.872. The molecule has 0 aliphatic heterocycles. The summed E-state index contributed by atoms with van der Waals surface area (Å²) in [6, 6.07) is 0. The molecule has 14 heavy (non-hydrogen) atoms. The molecular weight excluding hydrogens is 194 g/mol. The summed E-state index contributed by atoms with van der Waals surface area (Å²) >= 11 is 1.76. The van der Waals surface area contributed by atoms with Crippen molar-refractivity contribution in [3.8, 4) is 0 Å². The zero-order valence-corrected chi connectivity index (χ0v) is 9.65. The summed E-state index contributed by atoms with van der Waals surface area (Å²) in [5, 5.41) is 4.50. The molecule has 0 aromatic carbocycles. The fourth-order valence-corrected chi connectivity index (χ4v) is 2.75. The Morgan fingerprint density at radius 2 is 2.14 bits per heavy atom. The summed E-state index contributed by atoms with van der Waals surface area (Å²) in [6.45, 7) is 3.39. The highest BCUT2D eigenvalue weighted by Gasteiger charge is 2.14. The second-order valence-corrected chi connectivity index (χ2v) is 4.62. The lowest BCUT2D eigenvalue weighted by Gasteiger charge is -2.20. The number of rotatable bonds is 3. The Morgan fingerprint density at radius 3 is 2.71 bits per heavy atom. The molecule has 1 rings (SSSR count). The van der Waals surface area contributed by atoms with Crippen LogP contribution >= 0.6 is 11.8 Å². The van der Waals surface area contributed by atoms with Gasteiger partial charge in [-0.2, -0.15) is 5.10 Å². The first-order valence-electron chi connectivity index (χ1n) is 5.18. The predicted octanol–water partition coefficient (Wildman–Crippen LogP) is 2.49. The van der Waals surface area contributed by atoms with Crippen LogP contribution in [-0.4, -0.2) is 24.7 Å². The molecule has 0 aromatic rings. The van der Waals surface area contributed by atoms with Gasteiger partial charge in [-0.1, -0.05) is 31.0 Å². The van der Waals surface area contributed by atoms with Crippen molar-refractivity contribution in [2.24, 2.45) is 16.0 Å². The molecule has 1 aliphatic carbocycles. The van der Waals surface area contributed by atoms with Crippen molar-refractivity contribution in [2.75, 3.05) is 12.8 Å². The number of hydrazone groups is 1. The molecule has 0 saturated heterocycles. The maximum Gasteiger partial charge on any atom is 0.176 e. The van der Waals surface area contributed by atoms with Crippen LogP contribution in [0.1, 0.15) is 32.1 Å². The van der Waals surface area contributed by atoms with Crippen molar-refractivity contribution in [3.63, 3.8) is 0 Å². The van der Waals surface area contributed by atoms with Gasteiger partial charge in [0.05, 0.1) is 0 Å². The lowest BCUT2D eigenvalue weighted by molar-refractivity contribution is 0.391. The Balaban J connectivity index is 2.20. The molecule has 0 heterocycles. The van der Waals surface area contributed by atoms with E-state index in [-0.39, 0.29) is 0 Å². The largest absolute Gasteiger partial charge is 0.265 e. The molecule has 0 bridgehead atoms. The summed E-state index contributed by atoms with van der Waals surface area (Å²) in [6.07, 6.45) is 6.98. The van der Waals surface area contributed by atoms with Gasteiger partial charge >= 0.3 is 0 Å². The zero-order valence-electron chi connectivity index (χ0n) is 8.83. The van der Waals surface area contributed by atoms with Gasteiger partial charge in [0.25, 0.3) is 0 Å². The third-order valence-electron chi connectivity index (χ3n) is 2.56. The molecule has 1 aliphatic rings. The van der Waals surface area contributed by atoms with Gasteiger partial charge in [0, 0.05) is 19.5 Å². The van der Waals surface area contributed by atoms with Gasteiger partial charge in [-0.15, -0.1) is 0 Å². The monoisotopic (exact) mass is 213 g/mol. The SMILES string of the molecule is C=NNC(=NC)SCC1CCCCC1. The van der Waals surface area contributed by atoms with Gasteiger partial charge in [0.15, 0.2) is 5.17 Å². The van der Waals surface area contributed by atoms with Crippen LogP contribution < -0.4 is 5.43 Å². The Labute approximate surface area is 90.5 Å². The van der Waals surface area contributed by atoms with Crippen LogP contribution in [0.25, 0.3) is 0 Å². The maximum absolute atomic E-state index is 4.10. The first-order valence-corrected chi connectivity index (χ1v) is 6.16. The molecule has 0 atom stereocenters. The minimum Gasteiger partial charge on any atom is -0.265 e. The van der Waals surface area contributed by atoms with Crippen LogP contribution in [-0.2, 0) is 0 Å². The van der Waals surface area contributed by atoms with E-state index in [0.717, 1.165) is 16.8 Å². The van der Waals surface area contributed by atoms with Gasteiger partial charge in [0.1, 0.15) is 0 Å². The number of nitrogens with zero attached hydrogens (tertiary/aromatic N) is 2. The van der Waals surface area contributed by atoms with Crippen molar-refractivity contribution in [2.45, 2.75) is 32.1 Å². The van der Waals surface area contributed by atoms with E-state index in [1.54, 1.807) is 18.8 Å². The molecule has 4 heteroatoms. The van der Waals surface area contributed by atoms with Crippen molar-refractivity contribution in [1.82, 2.24) is 5.43 Å². The zero-order chi connectivity index (χ0) is 10.2. The molecule has 1 fully saturated rings. The van der Waals surface area contributed by atoms with Crippen LogP contribution in [0.4, 0.5) is 0 Å². The lowest BCUT2D eigenvalue weighted by atomic mass is 9.91. The first-order chi connectivity index (χ1) is 6.86. The topological polar surface area (TPSA) is 36.8 Å². The molecule has 0 radical (unpaired) electrons. The van der Waals surface area contributed by atoms with E-state index in [2.05, 4.69) is 22.2 Å². The molecule has 0 aromatic heterocycles. The van der Waals surface area contributed by atoms with Gasteiger partial charge in [-0.3, -0.25) is 10.4 Å². The average molecular weight is 213 g/mol. The Bertz CT molecular complexity index is 198. The van der Waals surface area contributed by atoms with E-state index in [9.17, 15) is 0 Å². The first kappa shape index (κ1) is 11.6.